The molecule has 3 nitrogen and oxygen atoms in total. The highest BCUT2D eigenvalue weighted by atomic mass is 32.1. The van der Waals surface area contributed by atoms with Crippen molar-refractivity contribution in [3.8, 4) is 10.4 Å². The molecule has 4 heteroatoms. The molecule has 0 unspecified atom stereocenters. The van der Waals surface area contributed by atoms with Crippen molar-refractivity contribution in [1.29, 1.82) is 0 Å². The van der Waals surface area contributed by atoms with Gasteiger partial charge in [0.25, 0.3) is 5.56 Å². The molecule has 0 spiro atoms. The molecule has 0 aliphatic heterocycles. The van der Waals surface area contributed by atoms with Crippen molar-refractivity contribution in [3.63, 3.8) is 0 Å². The Bertz CT molecular complexity index is 1130. The van der Waals surface area contributed by atoms with Gasteiger partial charge in [-0.05, 0) is 37.5 Å². The maximum Gasteiger partial charge on any atom is 0.285 e. The first kappa shape index (κ1) is 21.1. The molecule has 0 fully saturated rings. The van der Waals surface area contributed by atoms with Gasteiger partial charge < -0.3 is 5.32 Å². The van der Waals surface area contributed by atoms with E-state index in [0.29, 0.717) is 12.2 Å². The molecule has 1 N–H and O–H groups in total. The summed E-state index contributed by atoms with van der Waals surface area (Å²) >= 11 is 1.53. The summed E-state index contributed by atoms with van der Waals surface area (Å²) < 4.78 is 1.87. The van der Waals surface area contributed by atoms with Crippen LogP contribution in [0.5, 0.6) is 0 Å². The summed E-state index contributed by atoms with van der Waals surface area (Å²) in [5, 5.41) is 3.55. The Morgan fingerprint density at radius 1 is 0.806 bits per heavy atom. The fourth-order valence-corrected chi connectivity index (χ4v) is 4.89. The minimum Gasteiger partial charge on any atom is -0.378 e. The number of benzene rings is 3. The monoisotopic (exact) mass is 428 g/mol. The predicted molar refractivity (Wildman–Crippen MR) is 132 cm³/mol. The van der Waals surface area contributed by atoms with Gasteiger partial charge in [-0.15, -0.1) is 0 Å². The number of nitrogens with zero attached hydrogens (tertiary/aromatic N) is 1. The van der Waals surface area contributed by atoms with Gasteiger partial charge in [0.05, 0.1) is 10.4 Å². The molecular formula is C27H28N2OS. The number of anilines is 1. The number of hydrogen-bond donors (Lipinski definition) is 1. The number of rotatable bonds is 6. The topological polar surface area (TPSA) is 34.0 Å². The fraction of sp³-hybridized carbons (Fsp3) is 0.222. The van der Waals surface area contributed by atoms with Gasteiger partial charge >= 0.3 is 0 Å². The van der Waals surface area contributed by atoms with E-state index in [0.717, 1.165) is 10.4 Å². The second kappa shape index (κ2) is 8.94. The lowest BCUT2D eigenvalue weighted by atomic mass is 9.91. The molecule has 0 radical (unpaired) electrons. The summed E-state index contributed by atoms with van der Waals surface area (Å²) in [5.41, 5.74) is 3.97. The molecule has 3 aromatic carbocycles. The van der Waals surface area contributed by atoms with Crippen LogP contribution in [-0.4, -0.2) is 10.5 Å². The molecule has 0 saturated heterocycles. The van der Waals surface area contributed by atoms with Gasteiger partial charge in [0.15, 0.2) is 0 Å². The van der Waals surface area contributed by atoms with Crippen LogP contribution in [0.2, 0.25) is 0 Å². The van der Waals surface area contributed by atoms with Gasteiger partial charge in [-0.2, -0.15) is 0 Å². The van der Waals surface area contributed by atoms with E-state index in [9.17, 15) is 4.79 Å². The molecule has 4 aromatic rings. The van der Waals surface area contributed by atoms with Crippen molar-refractivity contribution >= 4 is 17.2 Å². The summed E-state index contributed by atoms with van der Waals surface area (Å²) in [6.07, 6.45) is 0. The molecule has 0 atom stereocenters. The molecule has 31 heavy (non-hydrogen) atoms. The number of aromatic nitrogens is 1. The lowest BCUT2D eigenvalue weighted by molar-refractivity contribution is 0.419. The van der Waals surface area contributed by atoms with Crippen LogP contribution in [-0.2, 0) is 5.54 Å². The summed E-state index contributed by atoms with van der Waals surface area (Å²) in [4.78, 5) is 14.4. The third-order valence-corrected chi connectivity index (χ3v) is 6.86. The van der Waals surface area contributed by atoms with E-state index in [1.165, 1.54) is 22.7 Å². The Balaban J connectivity index is 1.74. The zero-order valence-electron chi connectivity index (χ0n) is 18.2. The molecule has 1 aromatic heterocycles. The van der Waals surface area contributed by atoms with E-state index in [1.807, 2.05) is 34.3 Å². The average Bonchev–Trinajstić information content (AvgIpc) is 3.13. The van der Waals surface area contributed by atoms with Crippen LogP contribution >= 0.6 is 11.5 Å². The first-order chi connectivity index (χ1) is 14.9. The van der Waals surface area contributed by atoms with Gasteiger partial charge in [-0.25, -0.2) is 0 Å². The maximum absolute atomic E-state index is 13.4. The van der Waals surface area contributed by atoms with Crippen molar-refractivity contribution in [1.82, 2.24) is 3.96 Å². The normalized spacial score (nSPS) is 11.6. The largest absolute Gasteiger partial charge is 0.378 e. The zero-order valence-corrected chi connectivity index (χ0v) is 19.0. The van der Waals surface area contributed by atoms with Gasteiger partial charge in [-0.1, -0.05) is 103 Å². The van der Waals surface area contributed by atoms with E-state index >= 15 is 0 Å². The van der Waals surface area contributed by atoms with Crippen molar-refractivity contribution in [3.05, 3.63) is 112 Å². The van der Waals surface area contributed by atoms with Gasteiger partial charge in [0.1, 0.15) is 5.69 Å². The van der Waals surface area contributed by atoms with Gasteiger partial charge in [0.2, 0.25) is 0 Å². The molecule has 158 valence electrons. The van der Waals surface area contributed by atoms with Crippen LogP contribution < -0.4 is 10.9 Å². The molecule has 0 aliphatic rings. The van der Waals surface area contributed by atoms with Gasteiger partial charge in [-0.3, -0.25) is 8.75 Å². The van der Waals surface area contributed by atoms with Crippen molar-refractivity contribution in [2.24, 2.45) is 0 Å². The Hall–Kier alpha value is -3.11. The van der Waals surface area contributed by atoms with Crippen LogP contribution in [0.4, 0.5) is 5.69 Å². The van der Waals surface area contributed by atoms with Crippen LogP contribution in [0.1, 0.15) is 37.8 Å². The fourth-order valence-electron chi connectivity index (χ4n) is 3.76. The highest BCUT2D eigenvalue weighted by molar-refractivity contribution is 7.11. The Morgan fingerprint density at radius 2 is 1.29 bits per heavy atom. The summed E-state index contributed by atoms with van der Waals surface area (Å²) in [6, 6.07) is 31.1. The second-order valence-corrected chi connectivity index (χ2v) is 9.64. The zero-order chi connectivity index (χ0) is 21.8. The van der Waals surface area contributed by atoms with E-state index in [2.05, 4.69) is 86.8 Å². The van der Waals surface area contributed by atoms with E-state index in [4.69, 9.17) is 0 Å². The summed E-state index contributed by atoms with van der Waals surface area (Å²) in [6.45, 7) is 6.85. The highest BCUT2D eigenvalue weighted by Crippen LogP contribution is 2.34. The first-order valence-electron chi connectivity index (χ1n) is 10.6. The average molecular weight is 429 g/mol. The van der Waals surface area contributed by atoms with E-state index < -0.39 is 0 Å². The van der Waals surface area contributed by atoms with Crippen molar-refractivity contribution in [2.45, 2.75) is 32.2 Å². The summed E-state index contributed by atoms with van der Waals surface area (Å²) in [7, 11) is 0. The van der Waals surface area contributed by atoms with Crippen molar-refractivity contribution < 1.29 is 0 Å². The maximum atomic E-state index is 13.4. The minimum atomic E-state index is -0.274. The molecule has 0 amide bonds. The molecular weight excluding hydrogens is 400 g/mol. The van der Waals surface area contributed by atoms with E-state index in [-0.39, 0.29) is 17.0 Å². The Labute approximate surface area is 188 Å². The third-order valence-electron chi connectivity index (χ3n) is 5.34. The smallest absolute Gasteiger partial charge is 0.285 e. The SMILES string of the molecule is CC(C)(C)n1sc(-c2ccccc2)c(NCC(c2ccccc2)c2ccccc2)c1=O. The van der Waals surface area contributed by atoms with Crippen molar-refractivity contribution in [2.75, 3.05) is 11.9 Å². The third kappa shape index (κ3) is 4.64. The van der Waals surface area contributed by atoms with Gasteiger partial charge in [0, 0.05) is 12.5 Å². The van der Waals surface area contributed by atoms with E-state index in [1.54, 1.807) is 0 Å². The Morgan fingerprint density at radius 3 is 1.77 bits per heavy atom. The molecule has 4 rings (SSSR count). The molecule has 0 saturated carbocycles. The highest BCUT2D eigenvalue weighted by Gasteiger charge is 2.24. The summed E-state index contributed by atoms with van der Waals surface area (Å²) in [5.74, 6) is 0.147. The van der Waals surface area contributed by atoms with Crippen LogP contribution in [0.25, 0.3) is 10.4 Å². The minimum absolute atomic E-state index is 0.0382. The molecule has 0 bridgehead atoms. The standard InChI is InChI=1S/C27H28N2OS/c1-27(2,3)29-26(30)24(25(31-29)22-17-11-6-12-18-22)28-19-23(20-13-7-4-8-14-20)21-15-9-5-10-16-21/h4-18,23,28H,19H2,1-3H3. The lowest BCUT2D eigenvalue weighted by Crippen LogP contribution is -2.30. The first-order valence-corrected chi connectivity index (χ1v) is 11.4. The Kier molecular flexibility index (Phi) is 6.10. The molecule has 1 heterocycles. The predicted octanol–water partition coefficient (Wildman–Crippen LogP) is 6.58. The lowest BCUT2D eigenvalue weighted by Gasteiger charge is -2.20. The second-order valence-electron chi connectivity index (χ2n) is 8.69. The number of nitrogens with one attached hydrogen (secondary N) is 1. The van der Waals surface area contributed by atoms with Crippen LogP contribution in [0.15, 0.2) is 95.8 Å². The quantitative estimate of drug-likeness (QED) is 0.376. The van der Waals surface area contributed by atoms with Crippen LogP contribution in [0.3, 0.4) is 0 Å². The van der Waals surface area contributed by atoms with Crippen LogP contribution in [0, 0.1) is 0 Å². The number of hydrogen-bond acceptors (Lipinski definition) is 3. The molecule has 0 aliphatic carbocycles.